The zero-order valence-electron chi connectivity index (χ0n) is 16.9. The highest BCUT2D eigenvalue weighted by molar-refractivity contribution is 7.16. The standard InChI is InChI=1S/C22H20FN3O4S/c1-29-14-7-9-17(30-2)16(11-14)24-21(28)15-8-10-18-19(15)25-22(31-18)26-20(27)12-3-5-13(23)6-4-12/h3-7,9,11,15H,8,10H2,1-2H3,(H,24,28)(H,25,26,27). The number of aromatic nitrogens is 1. The summed E-state index contributed by atoms with van der Waals surface area (Å²) >= 11 is 1.35. The molecular formula is C22H20FN3O4S. The molecule has 4 rings (SSSR count). The molecule has 0 radical (unpaired) electrons. The lowest BCUT2D eigenvalue weighted by Gasteiger charge is -2.14. The van der Waals surface area contributed by atoms with Crippen molar-refractivity contribution >= 4 is 34.0 Å². The number of hydrogen-bond acceptors (Lipinski definition) is 6. The molecule has 0 aliphatic heterocycles. The number of amides is 2. The van der Waals surface area contributed by atoms with Crippen LogP contribution in [0.2, 0.25) is 0 Å². The number of benzene rings is 2. The Balaban J connectivity index is 1.49. The molecule has 0 saturated heterocycles. The highest BCUT2D eigenvalue weighted by Crippen LogP contribution is 2.40. The number of anilines is 2. The Labute approximate surface area is 182 Å². The number of carbonyl (C=O) groups is 2. The van der Waals surface area contributed by atoms with Gasteiger partial charge in [0.1, 0.15) is 17.3 Å². The molecule has 2 N–H and O–H groups in total. The van der Waals surface area contributed by atoms with Gasteiger partial charge in [-0.25, -0.2) is 9.37 Å². The number of nitrogens with one attached hydrogen (secondary N) is 2. The van der Waals surface area contributed by atoms with Gasteiger partial charge in [-0.15, -0.1) is 11.3 Å². The van der Waals surface area contributed by atoms with Gasteiger partial charge < -0.3 is 14.8 Å². The van der Waals surface area contributed by atoms with E-state index < -0.39 is 11.7 Å². The van der Waals surface area contributed by atoms with Gasteiger partial charge in [-0.05, 0) is 49.2 Å². The molecule has 7 nitrogen and oxygen atoms in total. The van der Waals surface area contributed by atoms with Crippen molar-refractivity contribution in [2.75, 3.05) is 24.9 Å². The molecule has 1 aromatic heterocycles. The summed E-state index contributed by atoms with van der Waals surface area (Å²) in [5, 5.41) is 6.04. The Morgan fingerprint density at radius 1 is 1.10 bits per heavy atom. The number of ether oxygens (including phenoxy) is 2. The molecule has 2 aromatic carbocycles. The van der Waals surface area contributed by atoms with Crippen LogP contribution >= 0.6 is 11.3 Å². The van der Waals surface area contributed by atoms with Gasteiger partial charge in [0.2, 0.25) is 5.91 Å². The Bertz CT molecular complexity index is 1130. The first-order valence-electron chi connectivity index (χ1n) is 9.58. The largest absolute Gasteiger partial charge is 0.497 e. The number of hydrogen-bond donors (Lipinski definition) is 2. The minimum atomic E-state index is -0.432. The molecule has 0 bridgehead atoms. The second kappa shape index (κ2) is 8.73. The number of halogens is 1. The van der Waals surface area contributed by atoms with Crippen molar-refractivity contribution in [3.63, 3.8) is 0 Å². The summed E-state index contributed by atoms with van der Waals surface area (Å²) in [5.74, 6) is -0.299. The highest BCUT2D eigenvalue weighted by atomic mass is 32.1. The van der Waals surface area contributed by atoms with Gasteiger partial charge in [-0.1, -0.05) is 0 Å². The molecule has 1 unspecified atom stereocenters. The maximum absolute atomic E-state index is 13.1. The highest BCUT2D eigenvalue weighted by Gasteiger charge is 2.33. The maximum Gasteiger partial charge on any atom is 0.257 e. The van der Waals surface area contributed by atoms with Crippen molar-refractivity contribution in [3.05, 3.63) is 64.4 Å². The molecule has 1 heterocycles. The molecule has 2 amide bonds. The summed E-state index contributed by atoms with van der Waals surface area (Å²) in [4.78, 5) is 30.8. The summed E-state index contributed by atoms with van der Waals surface area (Å²) in [7, 11) is 3.08. The van der Waals surface area contributed by atoms with E-state index in [1.54, 1.807) is 25.3 Å². The summed E-state index contributed by atoms with van der Waals surface area (Å²) in [6.07, 6.45) is 1.34. The predicted molar refractivity (Wildman–Crippen MR) is 116 cm³/mol. The quantitative estimate of drug-likeness (QED) is 0.598. The van der Waals surface area contributed by atoms with E-state index in [9.17, 15) is 14.0 Å². The molecule has 160 valence electrons. The van der Waals surface area contributed by atoms with E-state index in [2.05, 4.69) is 15.6 Å². The number of methoxy groups -OCH3 is 2. The lowest BCUT2D eigenvalue weighted by atomic mass is 10.1. The van der Waals surface area contributed by atoms with E-state index in [0.29, 0.717) is 46.4 Å². The molecule has 0 saturated carbocycles. The van der Waals surface area contributed by atoms with Gasteiger partial charge in [0, 0.05) is 16.5 Å². The normalized spacial score (nSPS) is 14.6. The van der Waals surface area contributed by atoms with Crippen LogP contribution in [0.15, 0.2) is 42.5 Å². The first-order chi connectivity index (χ1) is 15.0. The van der Waals surface area contributed by atoms with Crippen molar-refractivity contribution in [2.45, 2.75) is 18.8 Å². The molecule has 3 aromatic rings. The van der Waals surface area contributed by atoms with E-state index in [1.807, 2.05) is 0 Å². The third-order valence-electron chi connectivity index (χ3n) is 5.03. The van der Waals surface area contributed by atoms with E-state index >= 15 is 0 Å². The van der Waals surface area contributed by atoms with Crippen LogP contribution in [0.4, 0.5) is 15.2 Å². The SMILES string of the molecule is COc1ccc(OC)c(NC(=O)C2CCc3sc(NC(=O)c4ccc(F)cc4)nc32)c1. The molecule has 1 atom stereocenters. The Kier molecular flexibility index (Phi) is 5.85. The second-order valence-electron chi connectivity index (χ2n) is 6.94. The van der Waals surface area contributed by atoms with Gasteiger partial charge in [0.15, 0.2) is 5.13 Å². The van der Waals surface area contributed by atoms with E-state index in [1.165, 1.54) is 42.7 Å². The molecule has 1 aliphatic carbocycles. The van der Waals surface area contributed by atoms with Crippen LogP contribution in [0.3, 0.4) is 0 Å². The summed E-state index contributed by atoms with van der Waals surface area (Å²) in [6, 6.07) is 10.4. The minimum absolute atomic E-state index is 0.202. The van der Waals surface area contributed by atoms with Crippen molar-refractivity contribution < 1.29 is 23.5 Å². The predicted octanol–water partition coefficient (Wildman–Crippen LogP) is 4.22. The number of nitrogens with zero attached hydrogens (tertiary/aromatic N) is 1. The second-order valence-corrected chi connectivity index (χ2v) is 8.02. The van der Waals surface area contributed by atoms with Gasteiger partial charge in [-0.2, -0.15) is 0 Å². The first-order valence-corrected chi connectivity index (χ1v) is 10.4. The lowest BCUT2D eigenvalue weighted by Crippen LogP contribution is -2.20. The topological polar surface area (TPSA) is 89.5 Å². The monoisotopic (exact) mass is 441 g/mol. The van der Waals surface area contributed by atoms with E-state index in [0.717, 1.165) is 4.88 Å². The fourth-order valence-electron chi connectivity index (χ4n) is 3.44. The van der Waals surface area contributed by atoms with Crippen molar-refractivity contribution in [2.24, 2.45) is 0 Å². The molecule has 0 spiro atoms. The molecular weight excluding hydrogens is 421 g/mol. The summed E-state index contributed by atoms with van der Waals surface area (Å²) in [5.41, 5.74) is 1.51. The van der Waals surface area contributed by atoms with Gasteiger partial charge in [-0.3, -0.25) is 14.9 Å². The van der Waals surface area contributed by atoms with Crippen molar-refractivity contribution in [1.82, 2.24) is 4.98 Å². The number of rotatable bonds is 6. The van der Waals surface area contributed by atoms with Crippen LogP contribution in [0.25, 0.3) is 0 Å². The Hall–Kier alpha value is -3.46. The third kappa shape index (κ3) is 4.36. The third-order valence-corrected chi connectivity index (χ3v) is 6.07. The smallest absolute Gasteiger partial charge is 0.257 e. The van der Waals surface area contributed by atoms with E-state index in [4.69, 9.17) is 9.47 Å². The zero-order chi connectivity index (χ0) is 22.0. The average Bonchev–Trinajstić information content (AvgIpc) is 3.34. The van der Waals surface area contributed by atoms with Gasteiger partial charge in [0.25, 0.3) is 5.91 Å². The minimum Gasteiger partial charge on any atom is -0.497 e. The fraction of sp³-hybridized carbons (Fsp3) is 0.227. The zero-order valence-corrected chi connectivity index (χ0v) is 17.7. The number of fused-ring (bicyclic) bond motifs is 1. The Morgan fingerprint density at radius 2 is 1.87 bits per heavy atom. The molecule has 31 heavy (non-hydrogen) atoms. The molecule has 0 fully saturated rings. The first kappa shape index (κ1) is 20.8. The number of carbonyl (C=O) groups excluding carboxylic acids is 2. The summed E-state index contributed by atoms with van der Waals surface area (Å²) < 4.78 is 23.6. The van der Waals surface area contributed by atoms with Gasteiger partial charge in [0.05, 0.1) is 31.5 Å². The van der Waals surface area contributed by atoms with Crippen LogP contribution in [0.5, 0.6) is 11.5 Å². The van der Waals surface area contributed by atoms with Gasteiger partial charge >= 0.3 is 0 Å². The van der Waals surface area contributed by atoms with Crippen LogP contribution in [-0.2, 0) is 11.2 Å². The lowest BCUT2D eigenvalue weighted by molar-refractivity contribution is -0.117. The van der Waals surface area contributed by atoms with Crippen molar-refractivity contribution in [3.8, 4) is 11.5 Å². The summed E-state index contributed by atoms with van der Waals surface area (Å²) in [6.45, 7) is 0. The molecule has 1 aliphatic rings. The van der Waals surface area contributed by atoms with Crippen LogP contribution in [0, 0.1) is 5.82 Å². The van der Waals surface area contributed by atoms with Crippen LogP contribution < -0.4 is 20.1 Å². The maximum atomic E-state index is 13.1. The Morgan fingerprint density at radius 3 is 2.58 bits per heavy atom. The fourth-order valence-corrected chi connectivity index (χ4v) is 4.47. The number of aryl methyl sites for hydroxylation is 1. The van der Waals surface area contributed by atoms with Crippen LogP contribution in [-0.4, -0.2) is 31.0 Å². The van der Waals surface area contributed by atoms with Crippen molar-refractivity contribution in [1.29, 1.82) is 0 Å². The van der Waals surface area contributed by atoms with Crippen LogP contribution in [0.1, 0.15) is 33.3 Å². The molecule has 9 heteroatoms. The average molecular weight is 441 g/mol. The van der Waals surface area contributed by atoms with E-state index in [-0.39, 0.29) is 11.8 Å². The number of thiazole rings is 1.